The van der Waals surface area contributed by atoms with Crippen molar-refractivity contribution in [2.75, 3.05) is 19.3 Å². The summed E-state index contributed by atoms with van der Waals surface area (Å²) in [6, 6.07) is 5.08. The minimum Gasteiger partial charge on any atom is -0.370 e. The normalized spacial score (nSPS) is 15.9. The lowest BCUT2D eigenvalue weighted by Gasteiger charge is -2.31. The summed E-state index contributed by atoms with van der Waals surface area (Å²) in [5.74, 6) is 0.309. The number of hydrogen-bond donors (Lipinski definition) is 1. The van der Waals surface area contributed by atoms with Gasteiger partial charge in [-0.25, -0.2) is 9.38 Å². The van der Waals surface area contributed by atoms with Gasteiger partial charge in [0.25, 0.3) is 0 Å². The Kier molecular flexibility index (Phi) is 3.89. The third-order valence-electron chi connectivity index (χ3n) is 2.88. The summed E-state index contributed by atoms with van der Waals surface area (Å²) in [7, 11) is 0. The van der Waals surface area contributed by atoms with Gasteiger partial charge in [0, 0.05) is 23.5 Å². The van der Waals surface area contributed by atoms with E-state index in [1.54, 1.807) is 6.07 Å². The van der Waals surface area contributed by atoms with E-state index in [2.05, 4.69) is 4.99 Å². The van der Waals surface area contributed by atoms with Crippen molar-refractivity contribution in [3.8, 4) is 0 Å². The zero-order valence-corrected chi connectivity index (χ0v) is 10.6. The molecular weight excluding hydrogens is 237 g/mol. The topological polar surface area (TPSA) is 41.6 Å². The Bertz CT molecular complexity index is 430. The van der Waals surface area contributed by atoms with Crippen LogP contribution in [0.3, 0.4) is 0 Å². The molecule has 1 aromatic carbocycles. The lowest BCUT2D eigenvalue weighted by molar-refractivity contribution is 0.295. The van der Waals surface area contributed by atoms with Crippen molar-refractivity contribution in [2.24, 2.45) is 10.7 Å². The van der Waals surface area contributed by atoms with Crippen molar-refractivity contribution >= 4 is 17.7 Å². The predicted molar refractivity (Wildman–Crippen MR) is 69.7 cm³/mol. The first-order chi connectivity index (χ1) is 8.22. The molecule has 1 saturated heterocycles. The molecule has 92 valence electrons. The van der Waals surface area contributed by atoms with Gasteiger partial charge in [-0.15, -0.1) is 11.8 Å². The van der Waals surface area contributed by atoms with E-state index in [0.717, 1.165) is 24.4 Å². The Morgan fingerprint density at radius 2 is 2.29 bits per heavy atom. The van der Waals surface area contributed by atoms with Gasteiger partial charge in [-0.1, -0.05) is 6.07 Å². The van der Waals surface area contributed by atoms with Crippen molar-refractivity contribution in [2.45, 2.75) is 17.9 Å². The van der Waals surface area contributed by atoms with Crippen molar-refractivity contribution in [1.29, 1.82) is 0 Å². The van der Waals surface area contributed by atoms with E-state index >= 15 is 0 Å². The highest BCUT2D eigenvalue weighted by atomic mass is 32.2. The van der Waals surface area contributed by atoms with Gasteiger partial charge in [0.2, 0.25) is 0 Å². The molecule has 0 bridgehead atoms. The van der Waals surface area contributed by atoms with E-state index in [4.69, 9.17) is 5.73 Å². The molecule has 0 aromatic heterocycles. The fourth-order valence-corrected chi connectivity index (χ4v) is 2.31. The molecule has 0 saturated carbocycles. The summed E-state index contributed by atoms with van der Waals surface area (Å²) >= 11 is 1.53. The summed E-state index contributed by atoms with van der Waals surface area (Å²) < 4.78 is 13.6. The molecule has 0 radical (unpaired) electrons. The smallest absolute Gasteiger partial charge is 0.191 e. The van der Waals surface area contributed by atoms with E-state index < -0.39 is 0 Å². The van der Waals surface area contributed by atoms with Crippen LogP contribution in [0.25, 0.3) is 0 Å². The summed E-state index contributed by atoms with van der Waals surface area (Å²) in [5, 5.41) is 0. The van der Waals surface area contributed by atoms with Gasteiger partial charge in [0.05, 0.1) is 6.54 Å². The van der Waals surface area contributed by atoms with Crippen molar-refractivity contribution in [1.82, 2.24) is 4.90 Å². The zero-order chi connectivity index (χ0) is 12.3. The number of likely N-dealkylation sites (tertiary alicyclic amines) is 1. The van der Waals surface area contributed by atoms with Gasteiger partial charge in [0.1, 0.15) is 5.82 Å². The lowest BCUT2D eigenvalue weighted by atomic mass is 10.2. The highest BCUT2D eigenvalue weighted by Crippen LogP contribution is 2.23. The van der Waals surface area contributed by atoms with E-state index in [1.165, 1.54) is 17.8 Å². The molecule has 1 aliphatic heterocycles. The lowest BCUT2D eigenvalue weighted by Crippen LogP contribution is -2.46. The summed E-state index contributed by atoms with van der Waals surface area (Å²) in [4.78, 5) is 7.17. The molecule has 5 heteroatoms. The number of aliphatic imine (C=N–C) groups is 1. The van der Waals surface area contributed by atoms with E-state index in [-0.39, 0.29) is 5.82 Å². The number of rotatable bonds is 3. The molecule has 3 nitrogen and oxygen atoms in total. The van der Waals surface area contributed by atoms with Crippen LogP contribution in [0.15, 0.2) is 28.1 Å². The third-order valence-corrected chi connectivity index (χ3v) is 3.70. The standard InChI is InChI=1S/C12H16FN3S/c1-17-11-5-2-4-10(13)9(11)8-15-12(14)16-6-3-7-16/h2,4-5H,3,6-8H2,1H3,(H2,14,15). The summed E-state index contributed by atoms with van der Waals surface area (Å²) in [6.07, 6.45) is 3.09. The molecule has 0 amide bonds. The van der Waals surface area contributed by atoms with Crippen LogP contribution in [0.2, 0.25) is 0 Å². The SMILES string of the molecule is CSc1cccc(F)c1CN=C(N)N1CCC1. The highest BCUT2D eigenvalue weighted by molar-refractivity contribution is 7.98. The fourth-order valence-electron chi connectivity index (χ4n) is 1.69. The van der Waals surface area contributed by atoms with Crippen molar-refractivity contribution < 1.29 is 4.39 Å². The van der Waals surface area contributed by atoms with Crippen molar-refractivity contribution in [3.05, 3.63) is 29.6 Å². The Morgan fingerprint density at radius 1 is 1.53 bits per heavy atom. The number of benzene rings is 1. The third kappa shape index (κ3) is 2.72. The molecule has 0 spiro atoms. The second kappa shape index (κ2) is 5.40. The maximum atomic E-state index is 13.6. The van der Waals surface area contributed by atoms with Gasteiger partial charge in [0.15, 0.2) is 5.96 Å². The van der Waals surface area contributed by atoms with Crippen LogP contribution in [0.4, 0.5) is 4.39 Å². The number of nitrogens with two attached hydrogens (primary N) is 1. The van der Waals surface area contributed by atoms with E-state index in [0.29, 0.717) is 18.1 Å². The van der Waals surface area contributed by atoms with Crippen LogP contribution in [0.5, 0.6) is 0 Å². The average Bonchev–Trinajstić information content (AvgIpc) is 2.24. The largest absolute Gasteiger partial charge is 0.370 e. The van der Waals surface area contributed by atoms with Gasteiger partial charge < -0.3 is 10.6 Å². The van der Waals surface area contributed by atoms with Gasteiger partial charge in [-0.2, -0.15) is 0 Å². The van der Waals surface area contributed by atoms with Crippen LogP contribution < -0.4 is 5.73 Å². The van der Waals surface area contributed by atoms with E-state index in [1.807, 2.05) is 17.2 Å². The van der Waals surface area contributed by atoms with Crippen LogP contribution in [-0.2, 0) is 6.54 Å². The monoisotopic (exact) mass is 253 g/mol. The van der Waals surface area contributed by atoms with E-state index in [9.17, 15) is 4.39 Å². The van der Waals surface area contributed by atoms with Crippen LogP contribution in [0.1, 0.15) is 12.0 Å². The molecular formula is C12H16FN3S. The van der Waals surface area contributed by atoms with Crippen LogP contribution >= 0.6 is 11.8 Å². The van der Waals surface area contributed by atoms with Crippen molar-refractivity contribution in [3.63, 3.8) is 0 Å². The molecule has 2 N–H and O–H groups in total. The van der Waals surface area contributed by atoms with Gasteiger partial charge >= 0.3 is 0 Å². The number of hydrogen-bond acceptors (Lipinski definition) is 2. The molecule has 1 aliphatic rings. The summed E-state index contributed by atoms with van der Waals surface area (Å²) in [6.45, 7) is 2.23. The summed E-state index contributed by atoms with van der Waals surface area (Å²) in [5.41, 5.74) is 6.44. The molecule has 0 atom stereocenters. The maximum absolute atomic E-state index is 13.6. The van der Waals surface area contributed by atoms with Crippen LogP contribution in [-0.4, -0.2) is 30.2 Å². The number of nitrogens with zero attached hydrogens (tertiary/aromatic N) is 2. The van der Waals surface area contributed by atoms with Gasteiger partial charge in [-0.05, 0) is 24.8 Å². The molecule has 2 rings (SSSR count). The first-order valence-electron chi connectivity index (χ1n) is 5.58. The first kappa shape index (κ1) is 12.2. The molecule has 1 fully saturated rings. The molecule has 0 unspecified atom stereocenters. The maximum Gasteiger partial charge on any atom is 0.191 e. The fraction of sp³-hybridized carbons (Fsp3) is 0.417. The second-order valence-electron chi connectivity index (χ2n) is 3.94. The average molecular weight is 253 g/mol. The minimum absolute atomic E-state index is 0.211. The Morgan fingerprint density at radius 3 is 2.88 bits per heavy atom. The number of thioether (sulfide) groups is 1. The quantitative estimate of drug-likeness (QED) is 0.509. The number of halogens is 1. The zero-order valence-electron chi connectivity index (χ0n) is 9.82. The highest BCUT2D eigenvalue weighted by Gasteiger charge is 2.16. The van der Waals surface area contributed by atoms with Crippen LogP contribution in [0, 0.1) is 5.82 Å². The second-order valence-corrected chi connectivity index (χ2v) is 4.78. The molecule has 1 aromatic rings. The molecule has 17 heavy (non-hydrogen) atoms. The molecule has 0 aliphatic carbocycles. The Labute approximate surface area is 105 Å². The number of guanidine groups is 1. The molecule has 1 heterocycles. The predicted octanol–water partition coefficient (Wildman–Crippen LogP) is 2.07. The minimum atomic E-state index is -0.211. The first-order valence-corrected chi connectivity index (χ1v) is 6.81. The Balaban J connectivity index is 2.12. The van der Waals surface area contributed by atoms with Gasteiger partial charge in [-0.3, -0.25) is 0 Å². The Hall–Kier alpha value is -1.23.